The Morgan fingerprint density at radius 3 is 1.97 bits per heavy atom. The molecular formula is C22H32N2O6. The summed E-state index contributed by atoms with van der Waals surface area (Å²) >= 11 is 0. The van der Waals surface area contributed by atoms with Crippen LogP contribution in [-0.4, -0.2) is 89.0 Å². The first kappa shape index (κ1) is 23.9. The molecule has 2 rings (SSSR count). The van der Waals surface area contributed by atoms with Gasteiger partial charge in [0, 0.05) is 34.4 Å². The van der Waals surface area contributed by atoms with Crippen molar-refractivity contribution in [2.75, 3.05) is 67.4 Å². The molecule has 8 nitrogen and oxygen atoms in total. The molecule has 0 saturated carbocycles. The summed E-state index contributed by atoms with van der Waals surface area (Å²) in [4.78, 5) is 29.5. The first-order chi connectivity index (χ1) is 14.6. The molecule has 1 aromatic carbocycles. The molecule has 0 fully saturated rings. The third-order valence-corrected chi connectivity index (χ3v) is 4.73. The minimum Gasteiger partial charge on any atom is -0.494 e. The SMILES string of the molecule is CCCOc1ccc(C2=C(N(CCOC)CCOC)C(=O)N(CCOC)C2=O)cc1. The molecule has 0 saturated heterocycles. The number of carbonyl (C=O) groups excluding carboxylic acids is 2. The summed E-state index contributed by atoms with van der Waals surface area (Å²) in [6, 6.07) is 7.27. The molecule has 0 N–H and O–H groups in total. The van der Waals surface area contributed by atoms with Crippen LogP contribution in [0.15, 0.2) is 30.0 Å². The fraction of sp³-hybridized carbons (Fsp3) is 0.545. The van der Waals surface area contributed by atoms with Crippen LogP contribution in [0.2, 0.25) is 0 Å². The number of ether oxygens (including phenoxy) is 4. The normalized spacial score (nSPS) is 14.1. The number of nitrogens with zero attached hydrogens (tertiary/aromatic N) is 2. The topological polar surface area (TPSA) is 77.5 Å². The molecule has 1 aromatic rings. The molecule has 30 heavy (non-hydrogen) atoms. The highest BCUT2D eigenvalue weighted by atomic mass is 16.5. The Kier molecular flexibility index (Phi) is 9.79. The number of benzene rings is 1. The molecule has 2 amide bonds. The molecule has 0 aromatic heterocycles. The number of hydrogen-bond acceptors (Lipinski definition) is 7. The molecule has 0 aliphatic carbocycles. The lowest BCUT2D eigenvalue weighted by Crippen LogP contribution is -2.39. The summed E-state index contributed by atoms with van der Waals surface area (Å²) in [5.74, 6) is 0.0751. The lowest BCUT2D eigenvalue weighted by molar-refractivity contribution is -0.138. The van der Waals surface area contributed by atoms with Crippen LogP contribution in [0.5, 0.6) is 5.75 Å². The maximum atomic E-state index is 13.2. The van der Waals surface area contributed by atoms with Crippen LogP contribution in [0.1, 0.15) is 18.9 Å². The summed E-state index contributed by atoms with van der Waals surface area (Å²) in [5.41, 5.74) is 1.42. The van der Waals surface area contributed by atoms with Crippen LogP contribution in [-0.2, 0) is 23.8 Å². The van der Waals surface area contributed by atoms with E-state index in [2.05, 4.69) is 0 Å². The van der Waals surface area contributed by atoms with E-state index in [1.807, 2.05) is 36.1 Å². The molecule has 0 unspecified atom stereocenters. The van der Waals surface area contributed by atoms with Crippen molar-refractivity contribution < 1.29 is 28.5 Å². The maximum absolute atomic E-state index is 13.2. The van der Waals surface area contributed by atoms with Crippen molar-refractivity contribution in [2.24, 2.45) is 0 Å². The van der Waals surface area contributed by atoms with Crippen LogP contribution < -0.4 is 4.74 Å². The molecule has 0 atom stereocenters. The van der Waals surface area contributed by atoms with Gasteiger partial charge in [-0.3, -0.25) is 14.5 Å². The summed E-state index contributed by atoms with van der Waals surface area (Å²) in [6.07, 6.45) is 0.909. The zero-order valence-electron chi connectivity index (χ0n) is 18.3. The average molecular weight is 421 g/mol. The number of rotatable bonds is 14. The minimum absolute atomic E-state index is 0.196. The molecule has 1 heterocycles. The predicted molar refractivity (Wildman–Crippen MR) is 113 cm³/mol. The van der Waals surface area contributed by atoms with Gasteiger partial charge in [-0.05, 0) is 24.1 Å². The summed E-state index contributed by atoms with van der Waals surface area (Å²) in [5, 5.41) is 0. The van der Waals surface area contributed by atoms with Crippen LogP contribution in [0.4, 0.5) is 0 Å². The second-order valence-corrected chi connectivity index (χ2v) is 6.82. The second-order valence-electron chi connectivity index (χ2n) is 6.82. The fourth-order valence-corrected chi connectivity index (χ4v) is 3.18. The quantitative estimate of drug-likeness (QED) is 0.425. The van der Waals surface area contributed by atoms with Gasteiger partial charge in [-0.2, -0.15) is 0 Å². The van der Waals surface area contributed by atoms with Gasteiger partial charge in [-0.15, -0.1) is 0 Å². The largest absolute Gasteiger partial charge is 0.494 e. The molecule has 0 radical (unpaired) electrons. The smallest absolute Gasteiger partial charge is 0.277 e. The molecule has 0 spiro atoms. The highest BCUT2D eigenvalue weighted by Crippen LogP contribution is 2.32. The average Bonchev–Trinajstić information content (AvgIpc) is 3.01. The van der Waals surface area contributed by atoms with E-state index in [9.17, 15) is 9.59 Å². The van der Waals surface area contributed by atoms with Gasteiger partial charge in [-0.25, -0.2) is 0 Å². The monoisotopic (exact) mass is 420 g/mol. The highest BCUT2D eigenvalue weighted by Gasteiger charge is 2.41. The Hall–Kier alpha value is -2.42. The fourth-order valence-electron chi connectivity index (χ4n) is 3.18. The standard InChI is InChI=1S/C22H32N2O6/c1-5-13-30-18-8-6-17(7-9-18)19-20(23(10-14-27-2)11-15-28-3)22(26)24(21(19)25)12-16-29-4/h6-9H,5,10-16H2,1-4H3. The van der Waals surface area contributed by atoms with Crippen molar-refractivity contribution in [3.63, 3.8) is 0 Å². The first-order valence-corrected chi connectivity index (χ1v) is 10.1. The third kappa shape index (κ3) is 5.81. The van der Waals surface area contributed by atoms with Gasteiger partial charge < -0.3 is 23.8 Å². The maximum Gasteiger partial charge on any atom is 0.277 e. The van der Waals surface area contributed by atoms with Crippen LogP contribution >= 0.6 is 0 Å². The van der Waals surface area contributed by atoms with Gasteiger partial charge >= 0.3 is 0 Å². The summed E-state index contributed by atoms with van der Waals surface area (Å²) in [7, 11) is 4.75. The molecule has 1 aliphatic heterocycles. The van der Waals surface area contributed by atoms with Crippen molar-refractivity contribution in [3.8, 4) is 5.75 Å². The van der Waals surface area contributed by atoms with Gasteiger partial charge in [0.2, 0.25) is 0 Å². The third-order valence-electron chi connectivity index (χ3n) is 4.73. The van der Waals surface area contributed by atoms with E-state index >= 15 is 0 Å². The van der Waals surface area contributed by atoms with Crippen LogP contribution in [0.25, 0.3) is 5.57 Å². The van der Waals surface area contributed by atoms with Crippen molar-refractivity contribution in [1.82, 2.24) is 9.80 Å². The molecule has 1 aliphatic rings. The summed E-state index contributed by atoms with van der Waals surface area (Å²) in [6.45, 7) is 4.91. The van der Waals surface area contributed by atoms with E-state index in [-0.39, 0.29) is 25.0 Å². The van der Waals surface area contributed by atoms with Gasteiger partial charge in [-0.1, -0.05) is 19.1 Å². The Labute approximate surface area is 178 Å². The first-order valence-electron chi connectivity index (χ1n) is 10.1. The second kappa shape index (κ2) is 12.3. The zero-order valence-corrected chi connectivity index (χ0v) is 18.3. The highest BCUT2D eigenvalue weighted by molar-refractivity contribution is 6.35. The van der Waals surface area contributed by atoms with Gasteiger partial charge in [0.1, 0.15) is 11.4 Å². The number of hydrogen-bond donors (Lipinski definition) is 0. The Morgan fingerprint density at radius 2 is 1.43 bits per heavy atom. The zero-order chi connectivity index (χ0) is 21.9. The number of methoxy groups -OCH3 is 3. The Bertz CT molecular complexity index is 724. The lowest BCUT2D eigenvalue weighted by atomic mass is 10.0. The molecule has 0 bridgehead atoms. The van der Waals surface area contributed by atoms with E-state index in [0.29, 0.717) is 49.7 Å². The van der Waals surface area contributed by atoms with E-state index < -0.39 is 0 Å². The summed E-state index contributed by atoms with van der Waals surface area (Å²) < 4.78 is 21.1. The van der Waals surface area contributed by atoms with Crippen molar-refractivity contribution in [1.29, 1.82) is 0 Å². The lowest BCUT2D eigenvalue weighted by Gasteiger charge is -2.25. The number of carbonyl (C=O) groups is 2. The minimum atomic E-state index is -0.328. The predicted octanol–water partition coefficient (Wildman–Crippen LogP) is 1.80. The van der Waals surface area contributed by atoms with E-state index in [1.165, 1.54) is 4.90 Å². The van der Waals surface area contributed by atoms with Crippen LogP contribution in [0.3, 0.4) is 0 Å². The van der Waals surface area contributed by atoms with E-state index in [1.54, 1.807) is 21.3 Å². The van der Waals surface area contributed by atoms with Crippen molar-refractivity contribution in [3.05, 3.63) is 35.5 Å². The van der Waals surface area contributed by atoms with E-state index in [0.717, 1.165) is 12.2 Å². The molecule has 166 valence electrons. The van der Waals surface area contributed by atoms with Gasteiger partial charge in [0.25, 0.3) is 11.8 Å². The van der Waals surface area contributed by atoms with Gasteiger partial charge in [0.15, 0.2) is 0 Å². The Morgan fingerprint density at radius 1 is 0.833 bits per heavy atom. The number of imide groups is 1. The Balaban J connectivity index is 2.44. The van der Waals surface area contributed by atoms with Crippen molar-refractivity contribution in [2.45, 2.75) is 13.3 Å². The molecule has 8 heteroatoms. The number of amides is 2. The van der Waals surface area contributed by atoms with Crippen LogP contribution in [0, 0.1) is 0 Å². The van der Waals surface area contributed by atoms with E-state index in [4.69, 9.17) is 18.9 Å². The molecular weight excluding hydrogens is 388 g/mol. The van der Waals surface area contributed by atoms with Crippen molar-refractivity contribution >= 4 is 17.4 Å². The van der Waals surface area contributed by atoms with Gasteiger partial charge in [0.05, 0.1) is 38.5 Å².